The first-order chi connectivity index (χ1) is 35.2. The molecule has 0 saturated carbocycles. The molecule has 28 nitrogen and oxygen atoms in total. The van der Waals surface area contributed by atoms with Crippen molar-refractivity contribution in [2.45, 2.75) is 151 Å². The van der Waals surface area contributed by atoms with Gasteiger partial charge in [0.25, 0.3) is 0 Å². The molecular weight excluding hydrogens is 974 g/mol. The van der Waals surface area contributed by atoms with Gasteiger partial charge in [0.05, 0.1) is 43.5 Å². The molecule has 1 aliphatic heterocycles. The maximum Gasteiger partial charge on any atom is 0.306 e. The number of hydrogen-bond donors (Lipinski definition) is 16. The number of nitrogens with zero attached hydrogens (tertiary/aromatic N) is 3. The van der Waals surface area contributed by atoms with E-state index in [-0.39, 0.29) is 70.4 Å². The lowest BCUT2D eigenvalue weighted by Crippen LogP contribution is -2.60. The van der Waals surface area contributed by atoms with Crippen LogP contribution in [0.1, 0.15) is 96.1 Å². The number of aliphatic hydroxyl groups excluding tert-OH is 1. The lowest BCUT2D eigenvalue weighted by atomic mass is 9.93. The van der Waals surface area contributed by atoms with E-state index in [1.54, 1.807) is 0 Å². The zero-order valence-corrected chi connectivity index (χ0v) is 42.1. The van der Waals surface area contributed by atoms with Gasteiger partial charge >= 0.3 is 5.97 Å². The van der Waals surface area contributed by atoms with Crippen molar-refractivity contribution in [3.05, 3.63) is 18.2 Å². The smallest absolute Gasteiger partial charge is 0.306 e. The molecule has 1 aromatic heterocycles. The van der Waals surface area contributed by atoms with Crippen molar-refractivity contribution < 1.29 is 57.8 Å². The maximum absolute atomic E-state index is 15.3. The number of carbonyl (C=O) groups excluding carboxylic acids is 8. The van der Waals surface area contributed by atoms with Gasteiger partial charge in [0.1, 0.15) is 36.4 Å². The van der Waals surface area contributed by atoms with Crippen molar-refractivity contribution in [2.75, 3.05) is 45.8 Å². The molecule has 2 heterocycles. The van der Waals surface area contributed by atoms with E-state index < -0.39 is 140 Å². The van der Waals surface area contributed by atoms with Crippen LogP contribution in [0.25, 0.3) is 0 Å². The highest BCUT2D eigenvalue weighted by Gasteiger charge is 2.43. The van der Waals surface area contributed by atoms with Gasteiger partial charge in [0.15, 0.2) is 11.7 Å². The number of aromatic nitrogens is 2. The molecule has 0 bridgehead atoms. The number of imidazole rings is 1. The Morgan fingerprint density at radius 3 is 2.07 bits per heavy atom. The second kappa shape index (κ2) is 34.2. The first-order valence-electron chi connectivity index (χ1n) is 24.9. The van der Waals surface area contributed by atoms with Crippen LogP contribution in [0.5, 0.6) is 0 Å². The van der Waals surface area contributed by atoms with Gasteiger partial charge in [0, 0.05) is 44.2 Å². The second-order valence-corrected chi connectivity index (χ2v) is 18.2. The highest BCUT2D eigenvalue weighted by atomic mass is 19.1. The Hall–Kier alpha value is -6.40. The number of halogens is 1. The molecule has 1 aliphatic rings. The Kier molecular flexibility index (Phi) is 29.4. The van der Waals surface area contributed by atoms with Crippen LogP contribution in [-0.4, -0.2) is 185 Å². The molecule has 1 unspecified atom stereocenters. The van der Waals surface area contributed by atoms with Crippen molar-refractivity contribution in [1.29, 1.82) is 0 Å². The van der Waals surface area contributed by atoms with E-state index in [1.807, 2.05) is 0 Å². The standard InChI is InChI=1S/C45H80FN17O11/c1-25(58-42(71)37(35(65)20-50)62-39(68)29(51)9-2-4-14-47)38(67)56-22-36(66)59-31(11-6-16-49)43(72)63-23-27(46)18-33(63)41(70)61-32(19-28-21-54-24-57-28)40(69)60-30(10-3-5-15-48)34(64)13-12-26(44(73)74)8-7-17-55-45(52)53/h21,24-27,29-33,35,37,65H,2-20,22-23,47-51H2,1H3,(H,54,57)(H,56,67)(H,58,71)(H,59,66)(H,60,69)(H,61,70)(H,62,68)(H,73,74)(H4,52,53,55)/t25-,26?,27-,29-,30-,31+,32-,33-,35-,37-/m0/s1. The monoisotopic (exact) mass is 1050 g/mol. The Labute approximate surface area is 429 Å². The number of aliphatic imine (C=N–C) groups is 1. The summed E-state index contributed by atoms with van der Waals surface area (Å²) in [5.41, 5.74) is 39.5. The number of ketones is 1. The summed E-state index contributed by atoms with van der Waals surface area (Å²) in [5.74, 6) is -8.68. The Morgan fingerprint density at radius 2 is 1.46 bits per heavy atom. The van der Waals surface area contributed by atoms with E-state index in [2.05, 4.69) is 46.9 Å². The lowest BCUT2D eigenvalue weighted by Gasteiger charge is -2.30. The zero-order valence-electron chi connectivity index (χ0n) is 42.1. The van der Waals surface area contributed by atoms with E-state index in [0.29, 0.717) is 50.9 Å². The summed E-state index contributed by atoms with van der Waals surface area (Å²) in [6.07, 6.45) is 1.73. The van der Waals surface area contributed by atoms with Crippen LogP contribution in [0.2, 0.25) is 0 Å². The summed E-state index contributed by atoms with van der Waals surface area (Å²) < 4.78 is 15.3. The molecule has 23 N–H and O–H groups in total. The zero-order chi connectivity index (χ0) is 55.3. The van der Waals surface area contributed by atoms with E-state index in [9.17, 15) is 53.4 Å². The summed E-state index contributed by atoms with van der Waals surface area (Å²) in [7, 11) is 0. The number of amides is 7. The SMILES string of the molecule is C[C@H](NC(=O)[C@@H](NC(=O)[C@@H](N)CCCCN)[C@@H](O)CN)C(=O)NCC(=O)N[C@H](CCCN)C(=O)N1C[C@@H](F)C[C@H]1C(=O)N[C@@H](Cc1cnc[nH]1)C(=O)N[C@@H](CCCCN)C(=O)CCC(CCCN=C(N)N)C(=O)O. The molecule has 0 aliphatic carbocycles. The van der Waals surface area contributed by atoms with Crippen molar-refractivity contribution in [3.8, 4) is 0 Å². The van der Waals surface area contributed by atoms with Crippen LogP contribution in [-0.2, 0) is 49.6 Å². The molecule has 10 atom stereocenters. The van der Waals surface area contributed by atoms with E-state index in [1.165, 1.54) is 19.4 Å². The number of carbonyl (C=O) groups is 9. The number of likely N-dealkylation sites (tertiary alicyclic amines) is 1. The minimum atomic E-state index is -1.70. The molecule has 0 aromatic carbocycles. The third-order valence-electron chi connectivity index (χ3n) is 12.2. The summed E-state index contributed by atoms with van der Waals surface area (Å²) in [6, 6.07) is -9.28. The first kappa shape index (κ1) is 63.7. The van der Waals surface area contributed by atoms with Gasteiger partial charge in [-0.3, -0.25) is 48.1 Å². The van der Waals surface area contributed by atoms with Crippen molar-refractivity contribution in [1.82, 2.24) is 46.8 Å². The molecule has 74 heavy (non-hydrogen) atoms. The quantitative estimate of drug-likeness (QED) is 0.0168. The number of nitrogens with one attached hydrogen (secondary N) is 7. The second-order valence-electron chi connectivity index (χ2n) is 18.2. The molecule has 7 amide bonds. The lowest BCUT2D eigenvalue weighted by molar-refractivity contribution is -0.143. The summed E-state index contributed by atoms with van der Waals surface area (Å²) in [5, 5.41) is 35.0. The normalized spacial score (nSPS) is 17.5. The molecule has 1 fully saturated rings. The number of Topliss-reactive ketones (excluding diaryl/α,β-unsaturated/α-hetero) is 1. The largest absolute Gasteiger partial charge is 0.481 e. The fourth-order valence-electron chi connectivity index (χ4n) is 7.96. The summed E-state index contributed by atoms with van der Waals surface area (Å²) >= 11 is 0. The molecular formula is C45H80FN17O11. The van der Waals surface area contributed by atoms with Crippen molar-refractivity contribution >= 4 is 59.1 Å². The van der Waals surface area contributed by atoms with Crippen LogP contribution >= 0.6 is 0 Å². The average molecular weight is 1050 g/mol. The third kappa shape index (κ3) is 22.8. The Morgan fingerprint density at radius 1 is 0.797 bits per heavy atom. The fourth-order valence-corrected chi connectivity index (χ4v) is 7.96. The topological polar surface area (TPSA) is 493 Å². The summed E-state index contributed by atoms with van der Waals surface area (Å²) in [4.78, 5) is 132. The van der Waals surface area contributed by atoms with Crippen LogP contribution in [0.4, 0.5) is 4.39 Å². The van der Waals surface area contributed by atoms with Crippen molar-refractivity contribution in [3.63, 3.8) is 0 Å². The highest BCUT2D eigenvalue weighted by molar-refractivity contribution is 5.97. The average Bonchev–Trinajstić information content (AvgIpc) is 4.03. The van der Waals surface area contributed by atoms with Gasteiger partial charge in [-0.2, -0.15) is 0 Å². The number of hydrogen-bond acceptors (Lipinski definition) is 17. The van der Waals surface area contributed by atoms with Crippen LogP contribution in [0.3, 0.4) is 0 Å². The van der Waals surface area contributed by atoms with Crippen molar-refractivity contribution in [2.24, 2.45) is 51.0 Å². The van der Waals surface area contributed by atoms with Gasteiger partial charge in [-0.25, -0.2) is 9.37 Å². The van der Waals surface area contributed by atoms with Gasteiger partial charge < -0.3 is 92.1 Å². The summed E-state index contributed by atoms with van der Waals surface area (Å²) in [6.45, 7) is 0.520. The number of carboxylic acid groups (broad SMARTS) is 1. The number of aliphatic hydroxyl groups is 1. The van der Waals surface area contributed by atoms with Gasteiger partial charge in [-0.15, -0.1) is 0 Å². The maximum atomic E-state index is 15.3. The number of aliphatic carboxylic acids is 1. The first-order valence-corrected chi connectivity index (χ1v) is 24.9. The minimum absolute atomic E-state index is 0.0385. The van der Waals surface area contributed by atoms with Crippen LogP contribution in [0.15, 0.2) is 17.5 Å². The Bertz CT molecular complexity index is 2000. The molecule has 2 rings (SSSR count). The van der Waals surface area contributed by atoms with Crippen LogP contribution < -0.4 is 72.0 Å². The molecule has 418 valence electrons. The number of unbranched alkanes of at least 4 members (excludes halogenated alkanes) is 2. The number of carboxylic acids is 1. The fraction of sp³-hybridized carbons (Fsp3) is 0.711. The number of guanidine groups is 1. The number of rotatable bonds is 37. The minimum Gasteiger partial charge on any atom is -0.481 e. The van der Waals surface area contributed by atoms with Gasteiger partial charge in [-0.1, -0.05) is 6.42 Å². The van der Waals surface area contributed by atoms with E-state index >= 15 is 4.39 Å². The van der Waals surface area contributed by atoms with Gasteiger partial charge in [-0.05, 0) is 90.8 Å². The predicted octanol–water partition coefficient (Wildman–Crippen LogP) is -5.80. The highest BCUT2D eigenvalue weighted by Crippen LogP contribution is 2.23. The Balaban J connectivity index is 2.21. The molecule has 1 saturated heterocycles. The molecule has 0 spiro atoms. The van der Waals surface area contributed by atoms with Gasteiger partial charge in [0.2, 0.25) is 41.4 Å². The van der Waals surface area contributed by atoms with E-state index in [0.717, 1.165) is 4.90 Å². The third-order valence-corrected chi connectivity index (χ3v) is 12.2. The number of nitrogens with two attached hydrogens (primary N) is 7. The van der Waals surface area contributed by atoms with E-state index in [4.69, 9.17) is 40.1 Å². The number of alkyl halides is 1. The number of H-pyrrole nitrogens is 1. The molecule has 1 aromatic rings. The molecule has 29 heteroatoms. The van der Waals surface area contributed by atoms with Crippen LogP contribution in [0, 0.1) is 5.92 Å². The molecule has 0 radical (unpaired) electrons. The predicted molar refractivity (Wildman–Crippen MR) is 268 cm³/mol. The number of aromatic amines is 1.